The van der Waals surface area contributed by atoms with E-state index in [0.29, 0.717) is 17.0 Å². The van der Waals surface area contributed by atoms with E-state index >= 15 is 0 Å². The van der Waals surface area contributed by atoms with Gasteiger partial charge in [-0.15, -0.1) is 0 Å². The molecular weight excluding hydrogens is 190 g/mol. The molecule has 0 amide bonds. The molecule has 1 heterocycles. The Balaban J connectivity index is 2.88. The van der Waals surface area contributed by atoms with Gasteiger partial charge in [0, 0.05) is 12.0 Å². The van der Waals surface area contributed by atoms with Gasteiger partial charge in [0.1, 0.15) is 5.76 Å². The summed E-state index contributed by atoms with van der Waals surface area (Å²) < 4.78 is 29.9. The van der Waals surface area contributed by atoms with E-state index in [4.69, 9.17) is 10.3 Å². The fourth-order valence-electron chi connectivity index (χ4n) is 1.21. The predicted octanol–water partition coefficient (Wildman–Crippen LogP) is 1.82. The normalized spacial score (nSPS) is 15.9. The van der Waals surface area contributed by atoms with E-state index in [0.717, 1.165) is 0 Å². The van der Waals surface area contributed by atoms with Gasteiger partial charge in [-0.3, -0.25) is 0 Å². The standard InChI is InChI=1S/C9H14F2N2O/c1-5-7(6(2)14-13-5)4-9(3,12)8(10)11/h8H,4,12H2,1-3H3. The van der Waals surface area contributed by atoms with Crippen LogP contribution in [0.2, 0.25) is 0 Å². The molecule has 1 aromatic heterocycles. The molecule has 0 aliphatic heterocycles. The first kappa shape index (κ1) is 11.1. The minimum absolute atomic E-state index is 0.0752. The molecule has 1 unspecified atom stereocenters. The summed E-state index contributed by atoms with van der Waals surface area (Å²) >= 11 is 0. The highest BCUT2D eigenvalue weighted by Gasteiger charge is 2.32. The summed E-state index contributed by atoms with van der Waals surface area (Å²) in [6.07, 6.45) is -2.48. The lowest BCUT2D eigenvalue weighted by Crippen LogP contribution is -2.46. The first-order valence-electron chi connectivity index (χ1n) is 4.33. The van der Waals surface area contributed by atoms with Crippen LogP contribution in [-0.2, 0) is 6.42 Å². The number of hydrogen-bond donors (Lipinski definition) is 1. The fraction of sp³-hybridized carbons (Fsp3) is 0.667. The third-order valence-corrected chi connectivity index (χ3v) is 2.24. The van der Waals surface area contributed by atoms with Crippen LogP contribution in [0.1, 0.15) is 23.9 Å². The lowest BCUT2D eigenvalue weighted by molar-refractivity contribution is 0.0637. The van der Waals surface area contributed by atoms with E-state index in [-0.39, 0.29) is 6.42 Å². The molecule has 80 valence electrons. The van der Waals surface area contributed by atoms with E-state index in [1.807, 2.05) is 0 Å². The van der Waals surface area contributed by atoms with Crippen LogP contribution in [-0.4, -0.2) is 17.1 Å². The summed E-state index contributed by atoms with van der Waals surface area (Å²) in [7, 11) is 0. The van der Waals surface area contributed by atoms with E-state index in [1.165, 1.54) is 6.92 Å². The van der Waals surface area contributed by atoms with Crippen molar-refractivity contribution in [3.05, 3.63) is 17.0 Å². The molecule has 0 radical (unpaired) electrons. The van der Waals surface area contributed by atoms with Crippen LogP contribution >= 0.6 is 0 Å². The Kier molecular flexibility index (Phi) is 2.89. The summed E-state index contributed by atoms with van der Waals surface area (Å²) in [5, 5.41) is 3.68. The zero-order valence-corrected chi connectivity index (χ0v) is 8.47. The molecule has 1 atom stereocenters. The van der Waals surface area contributed by atoms with Crippen molar-refractivity contribution < 1.29 is 13.3 Å². The molecule has 1 rings (SSSR count). The van der Waals surface area contributed by atoms with Crippen molar-refractivity contribution in [2.24, 2.45) is 5.73 Å². The molecule has 0 saturated heterocycles. The Bertz CT molecular complexity index is 301. The van der Waals surface area contributed by atoms with E-state index in [9.17, 15) is 8.78 Å². The number of aromatic nitrogens is 1. The van der Waals surface area contributed by atoms with Crippen molar-refractivity contribution in [3.63, 3.8) is 0 Å². The van der Waals surface area contributed by atoms with Gasteiger partial charge in [-0.2, -0.15) is 0 Å². The van der Waals surface area contributed by atoms with Gasteiger partial charge >= 0.3 is 0 Å². The summed E-state index contributed by atoms with van der Waals surface area (Å²) in [6, 6.07) is 0. The molecule has 3 nitrogen and oxygen atoms in total. The van der Waals surface area contributed by atoms with Crippen LogP contribution < -0.4 is 5.73 Å². The zero-order valence-electron chi connectivity index (χ0n) is 8.47. The number of halogens is 2. The maximum atomic E-state index is 12.5. The van der Waals surface area contributed by atoms with Crippen molar-refractivity contribution >= 4 is 0 Å². The van der Waals surface area contributed by atoms with Gasteiger partial charge in [0.05, 0.1) is 11.2 Å². The van der Waals surface area contributed by atoms with Crippen LogP contribution in [0.25, 0.3) is 0 Å². The third kappa shape index (κ3) is 2.09. The van der Waals surface area contributed by atoms with Crippen molar-refractivity contribution in [2.75, 3.05) is 0 Å². The molecule has 0 aliphatic rings. The average Bonchev–Trinajstić information content (AvgIpc) is 2.35. The number of nitrogens with two attached hydrogens (primary N) is 1. The van der Waals surface area contributed by atoms with Crippen LogP contribution in [0, 0.1) is 13.8 Å². The fourth-order valence-corrected chi connectivity index (χ4v) is 1.21. The van der Waals surface area contributed by atoms with E-state index < -0.39 is 12.0 Å². The number of hydrogen-bond acceptors (Lipinski definition) is 3. The summed E-state index contributed by atoms with van der Waals surface area (Å²) in [5.41, 5.74) is 5.24. The zero-order chi connectivity index (χ0) is 10.9. The predicted molar refractivity (Wildman–Crippen MR) is 48.3 cm³/mol. The summed E-state index contributed by atoms with van der Waals surface area (Å²) in [5.74, 6) is 0.555. The Morgan fingerprint density at radius 3 is 2.43 bits per heavy atom. The second kappa shape index (κ2) is 3.65. The molecule has 14 heavy (non-hydrogen) atoms. The van der Waals surface area contributed by atoms with Gasteiger partial charge in [-0.1, -0.05) is 5.16 Å². The van der Waals surface area contributed by atoms with Gasteiger partial charge in [-0.25, -0.2) is 8.78 Å². The Morgan fingerprint density at radius 1 is 1.50 bits per heavy atom. The minimum atomic E-state index is -2.56. The lowest BCUT2D eigenvalue weighted by atomic mass is 9.93. The smallest absolute Gasteiger partial charge is 0.256 e. The highest BCUT2D eigenvalue weighted by molar-refractivity contribution is 5.23. The third-order valence-electron chi connectivity index (χ3n) is 2.24. The molecule has 0 aromatic carbocycles. The van der Waals surface area contributed by atoms with Crippen LogP contribution in [0.5, 0.6) is 0 Å². The van der Waals surface area contributed by atoms with Gasteiger partial charge in [0.25, 0.3) is 6.43 Å². The molecule has 0 aliphatic carbocycles. The first-order chi connectivity index (χ1) is 6.34. The van der Waals surface area contributed by atoms with Crippen molar-refractivity contribution in [3.8, 4) is 0 Å². The molecule has 0 spiro atoms. The monoisotopic (exact) mass is 204 g/mol. The maximum absolute atomic E-state index is 12.5. The number of rotatable bonds is 3. The number of nitrogens with zero attached hydrogens (tertiary/aromatic N) is 1. The van der Waals surface area contributed by atoms with Gasteiger partial charge < -0.3 is 10.3 Å². The van der Waals surface area contributed by atoms with Gasteiger partial charge in [0.2, 0.25) is 0 Å². The SMILES string of the molecule is Cc1noc(C)c1CC(C)(N)C(F)F. The Morgan fingerprint density at radius 2 is 2.07 bits per heavy atom. The number of aryl methyl sites for hydroxylation is 2. The second-order valence-corrected chi connectivity index (χ2v) is 3.79. The molecular formula is C9H14F2N2O. The quantitative estimate of drug-likeness (QED) is 0.817. The highest BCUT2D eigenvalue weighted by atomic mass is 19.3. The average molecular weight is 204 g/mol. The van der Waals surface area contributed by atoms with Crippen molar-refractivity contribution in [2.45, 2.75) is 39.2 Å². The number of alkyl halides is 2. The van der Waals surface area contributed by atoms with Crippen LogP contribution in [0.3, 0.4) is 0 Å². The second-order valence-electron chi connectivity index (χ2n) is 3.79. The Labute approximate surface area is 81.3 Å². The van der Waals surface area contributed by atoms with Crippen molar-refractivity contribution in [1.82, 2.24) is 5.16 Å². The molecule has 0 bridgehead atoms. The van der Waals surface area contributed by atoms with Gasteiger partial charge in [0.15, 0.2) is 0 Å². The maximum Gasteiger partial charge on any atom is 0.256 e. The summed E-state index contributed by atoms with van der Waals surface area (Å²) in [4.78, 5) is 0. The van der Waals surface area contributed by atoms with Crippen molar-refractivity contribution in [1.29, 1.82) is 0 Å². The molecule has 5 heteroatoms. The molecule has 0 fully saturated rings. The topological polar surface area (TPSA) is 52.0 Å². The lowest BCUT2D eigenvalue weighted by Gasteiger charge is -2.23. The van der Waals surface area contributed by atoms with Crippen LogP contribution in [0.4, 0.5) is 8.78 Å². The van der Waals surface area contributed by atoms with E-state index in [2.05, 4.69) is 5.16 Å². The molecule has 1 aromatic rings. The molecule has 0 saturated carbocycles. The summed E-state index contributed by atoms with van der Waals surface area (Å²) in [6.45, 7) is 4.73. The highest BCUT2D eigenvalue weighted by Crippen LogP contribution is 2.22. The van der Waals surface area contributed by atoms with Crippen LogP contribution in [0.15, 0.2) is 4.52 Å². The minimum Gasteiger partial charge on any atom is -0.361 e. The Hall–Kier alpha value is -0.970. The molecule has 2 N–H and O–H groups in total. The van der Waals surface area contributed by atoms with Gasteiger partial charge in [-0.05, 0) is 20.8 Å². The largest absolute Gasteiger partial charge is 0.361 e. The van der Waals surface area contributed by atoms with E-state index in [1.54, 1.807) is 13.8 Å². The first-order valence-corrected chi connectivity index (χ1v) is 4.33.